The van der Waals surface area contributed by atoms with Crippen molar-refractivity contribution < 1.29 is 24.1 Å². The minimum absolute atomic E-state index is 0.124. The molecule has 2 aromatic carbocycles. The highest BCUT2D eigenvalue weighted by molar-refractivity contribution is 5.65. The standard InChI is InChI=1S/C30H34N2O5/c1-22(36-28-5-3-4-18-35-28)29-31-16-17-32(29)26(19-33)13-8-23-6-9-24(10-7-23)25-11-14-27(15-12-25)37-30(2)20-34-21-30/h6-7,9-12,14-17,22,26,28,33H,3-5,18-21H2,1-2H3/t22-,26-,28?/m0/s1. The van der Waals surface area contributed by atoms with E-state index in [1.54, 1.807) is 6.20 Å². The van der Waals surface area contributed by atoms with Crippen molar-refractivity contribution in [2.75, 3.05) is 26.4 Å². The van der Waals surface area contributed by atoms with E-state index in [1.807, 2.05) is 42.0 Å². The lowest BCUT2D eigenvalue weighted by atomic mass is 10.0. The maximum Gasteiger partial charge on any atom is 0.158 e. The van der Waals surface area contributed by atoms with Crippen LogP contribution in [0.25, 0.3) is 11.1 Å². The van der Waals surface area contributed by atoms with Gasteiger partial charge in [-0.1, -0.05) is 36.1 Å². The van der Waals surface area contributed by atoms with Crippen LogP contribution in [0.3, 0.4) is 0 Å². The maximum absolute atomic E-state index is 10.1. The summed E-state index contributed by atoms with van der Waals surface area (Å²) in [6.45, 7) is 5.86. The highest BCUT2D eigenvalue weighted by Crippen LogP contribution is 2.28. The van der Waals surface area contributed by atoms with Crippen LogP contribution < -0.4 is 4.74 Å². The van der Waals surface area contributed by atoms with Crippen molar-refractivity contribution in [3.8, 4) is 28.7 Å². The molecule has 0 amide bonds. The molecule has 0 aliphatic carbocycles. The molecule has 0 saturated carbocycles. The van der Waals surface area contributed by atoms with E-state index >= 15 is 0 Å². The van der Waals surface area contributed by atoms with Gasteiger partial charge in [-0.3, -0.25) is 0 Å². The fourth-order valence-corrected chi connectivity index (χ4v) is 4.57. The number of imidazole rings is 1. The first-order valence-electron chi connectivity index (χ1n) is 12.9. The third-order valence-electron chi connectivity index (χ3n) is 6.70. The molecule has 0 bridgehead atoms. The molecule has 1 aromatic heterocycles. The molecule has 3 aromatic rings. The van der Waals surface area contributed by atoms with E-state index in [1.165, 1.54) is 0 Å². The van der Waals surface area contributed by atoms with Gasteiger partial charge in [-0.2, -0.15) is 0 Å². The summed E-state index contributed by atoms with van der Waals surface area (Å²) in [6.07, 6.45) is 6.13. The number of aromatic nitrogens is 2. The normalized spacial score (nSPS) is 20.2. The number of nitrogens with zero attached hydrogens (tertiary/aromatic N) is 2. The van der Waals surface area contributed by atoms with Crippen LogP contribution in [0.15, 0.2) is 60.9 Å². The lowest BCUT2D eigenvalue weighted by Crippen LogP contribution is -2.51. The predicted octanol–water partition coefficient (Wildman–Crippen LogP) is 4.91. The molecule has 1 N–H and O–H groups in total. The Balaban J connectivity index is 1.23. The summed E-state index contributed by atoms with van der Waals surface area (Å²) >= 11 is 0. The molecule has 2 aliphatic heterocycles. The number of aliphatic hydroxyl groups excluding tert-OH is 1. The van der Waals surface area contributed by atoms with Crippen LogP contribution >= 0.6 is 0 Å². The van der Waals surface area contributed by atoms with Gasteiger partial charge in [-0.15, -0.1) is 0 Å². The first-order chi connectivity index (χ1) is 18.0. The summed E-state index contributed by atoms with van der Waals surface area (Å²) in [7, 11) is 0. The number of ether oxygens (including phenoxy) is 4. The number of hydrogen-bond donors (Lipinski definition) is 1. The molecule has 2 fully saturated rings. The zero-order chi connectivity index (χ0) is 25.7. The van der Waals surface area contributed by atoms with Crippen LogP contribution in [0.1, 0.15) is 56.6 Å². The van der Waals surface area contributed by atoms with Crippen LogP contribution in [0.2, 0.25) is 0 Å². The lowest BCUT2D eigenvalue weighted by Gasteiger charge is -2.38. The van der Waals surface area contributed by atoms with Crippen molar-refractivity contribution in [1.82, 2.24) is 9.55 Å². The first-order valence-corrected chi connectivity index (χ1v) is 12.9. The molecule has 3 heterocycles. The van der Waals surface area contributed by atoms with Crippen LogP contribution in [-0.4, -0.2) is 53.0 Å². The minimum Gasteiger partial charge on any atom is -0.483 e. The molecular weight excluding hydrogens is 468 g/mol. The van der Waals surface area contributed by atoms with Crippen LogP contribution in [0.5, 0.6) is 5.75 Å². The van der Waals surface area contributed by atoms with Gasteiger partial charge in [0.15, 0.2) is 11.9 Å². The molecule has 1 unspecified atom stereocenters. The van der Waals surface area contributed by atoms with E-state index in [4.69, 9.17) is 18.9 Å². The molecule has 0 spiro atoms. The van der Waals surface area contributed by atoms with Crippen molar-refractivity contribution in [3.63, 3.8) is 0 Å². The molecule has 7 nitrogen and oxygen atoms in total. The Morgan fingerprint density at radius 1 is 1.11 bits per heavy atom. The smallest absolute Gasteiger partial charge is 0.158 e. The second-order valence-electron chi connectivity index (χ2n) is 9.88. The Morgan fingerprint density at radius 3 is 2.46 bits per heavy atom. The van der Waals surface area contributed by atoms with Gasteiger partial charge in [0.05, 0.1) is 19.8 Å². The Labute approximate surface area is 218 Å². The van der Waals surface area contributed by atoms with Crippen LogP contribution in [-0.2, 0) is 14.2 Å². The first kappa shape index (κ1) is 25.5. The highest BCUT2D eigenvalue weighted by atomic mass is 16.7. The van der Waals surface area contributed by atoms with Crippen molar-refractivity contribution in [3.05, 3.63) is 72.3 Å². The zero-order valence-corrected chi connectivity index (χ0v) is 21.4. The lowest BCUT2D eigenvalue weighted by molar-refractivity contribution is -0.188. The van der Waals surface area contributed by atoms with E-state index in [0.29, 0.717) is 13.2 Å². The molecule has 3 atom stereocenters. The molecule has 0 radical (unpaired) electrons. The molecule has 194 valence electrons. The summed E-state index contributed by atoms with van der Waals surface area (Å²) in [5.74, 6) is 7.97. The van der Waals surface area contributed by atoms with Crippen molar-refractivity contribution in [2.45, 2.75) is 57.1 Å². The fourth-order valence-electron chi connectivity index (χ4n) is 4.57. The Morgan fingerprint density at radius 2 is 1.84 bits per heavy atom. The Bertz CT molecular complexity index is 1220. The number of aliphatic hydroxyl groups is 1. The summed E-state index contributed by atoms with van der Waals surface area (Å²) in [5, 5.41) is 10.1. The van der Waals surface area contributed by atoms with Gasteiger partial charge in [0.1, 0.15) is 23.7 Å². The molecular formula is C30H34N2O5. The summed E-state index contributed by atoms with van der Waals surface area (Å²) < 4.78 is 24.9. The van der Waals surface area contributed by atoms with Gasteiger partial charge in [0.2, 0.25) is 0 Å². The molecule has 2 aliphatic rings. The summed E-state index contributed by atoms with van der Waals surface area (Å²) in [4.78, 5) is 4.47. The van der Waals surface area contributed by atoms with Crippen LogP contribution in [0.4, 0.5) is 0 Å². The average molecular weight is 503 g/mol. The van der Waals surface area contributed by atoms with E-state index in [0.717, 1.165) is 54.1 Å². The predicted molar refractivity (Wildman–Crippen MR) is 140 cm³/mol. The van der Waals surface area contributed by atoms with E-state index < -0.39 is 6.04 Å². The molecule has 2 saturated heterocycles. The SMILES string of the molecule is C[C@H](OC1CCCCO1)c1nccn1[C@@H](C#Cc1ccc(-c2ccc(OC3(C)COC3)cc2)cc1)CO. The van der Waals surface area contributed by atoms with Crippen LogP contribution in [0, 0.1) is 11.8 Å². The van der Waals surface area contributed by atoms with Crippen molar-refractivity contribution in [1.29, 1.82) is 0 Å². The number of rotatable bonds is 8. The number of benzene rings is 2. The monoisotopic (exact) mass is 502 g/mol. The Hall–Kier alpha value is -3.15. The molecule has 5 rings (SSSR count). The molecule has 37 heavy (non-hydrogen) atoms. The van der Waals surface area contributed by atoms with E-state index in [-0.39, 0.29) is 24.6 Å². The van der Waals surface area contributed by atoms with Crippen molar-refractivity contribution >= 4 is 0 Å². The van der Waals surface area contributed by atoms with E-state index in [9.17, 15) is 5.11 Å². The van der Waals surface area contributed by atoms with E-state index in [2.05, 4.69) is 48.0 Å². The Kier molecular flexibility index (Phi) is 7.92. The topological polar surface area (TPSA) is 75.0 Å². The second-order valence-corrected chi connectivity index (χ2v) is 9.88. The quantitative estimate of drug-likeness (QED) is 0.442. The second kappa shape index (κ2) is 11.5. The van der Waals surface area contributed by atoms with Gasteiger partial charge < -0.3 is 28.6 Å². The van der Waals surface area contributed by atoms with Gasteiger partial charge in [0.25, 0.3) is 0 Å². The zero-order valence-electron chi connectivity index (χ0n) is 21.4. The van der Waals surface area contributed by atoms with Crippen molar-refractivity contribution in [2.24, 2.45) is 0 Å². The largest absolute Gasteiger partial charge is 0.483 e. The highest BCUT2D eigenvalue weighted by Gasteiger charge is 2.35. The summed E-state index contributed by atoms with van der Waals surface area (Å²) in [6, 6.07) is 15.8. The van der Waals surface area contributed by atoms with Gasteiger partial charge in [0, 0.05) is 24.6 Å². The third kappa shape index (κ3) is 6.23. The molecule has 7 heteroatoms. The van der Waals surface area contributed by atoms with Gasteiger partial charge >= 0.3 is 0 Å². The average Bonchev–Trinajstić information content (AvgIpc) is 3.40. The maximum atomic E-state index is 10.1. The van der Waals surface area contributed by atoms with Gasteiger partial charge in [-0.25, -0.2) is 4.98 Å². The summed E-state index contributed by atoms with van der Waals surface area (Å²) in [5.41, 5.74) is 2.86. The van der Waals surface area contributed by atoms with Gasteiger partial charge in [-0.05, 0) is 68.5 Å². The number of hydrogen-bond acceptors (Lipinski definition) is 6. The fraction of sp³-hybridized carbons (Fsp3) is 0.433. The third-order valence-corrected chi connectivity index (χ3v) is 6.70. The minimum atomic E-state index is -0.425.